The van der Waals surface area contributed by atoms with E-state index in [9.17, 15) is 4.79 Å². The zero-order valence-corrected chi connectivity index (χ0v) is 14.1. The second-order valence-corrected chi connectivity index (χ2v) is 6.82. The van der Waals surface area contributed by atoms with Crippen LogP contribution in [0.3, 0.4) is 0 Å². The molecule has 2 nitrogen and oxygen atoms in total. The predicted octanol–water partition coefficient (Wildman–Crippen LogP) is 4.81. The van der Waals surface area contributed by atoms with Crippen molar-refractivity contribution in [3.63, 3.8) is 0 Å². The van der Waals surface area contributed by atoms with Gasteiger partial charge in [0, 0.05) is 5.70 Å². The Morgan fingerprint density at radius 1 is 1.33 bits per heavy atom. The van der Waals surface area contributed by atoms with Gasteiger partial charge in [0.25, 0.3) is 0 Å². The fourth-order valence-corrected chi connectivity index (χ4v) is 2.81. The van der Waals surface area contributed by atoms with Crippen molar-refractivity contribution >= 4 is 21.8 Å². The fourth-order valence-electron chi connectivity index (χ4n) is 2.56. The maximum atomic E-state index is 12.5. The van der Waals surface area contributed by atoms with Gasteiger partial charge in [0.05, 0.1) is 11.4 Å². The Hall–Kier alpha value is -1.35. The standard InChI is InChI=1S/C18H22BrNO/c1-14(19)18(21)20(13-16-9-5-3-6-10-16)15(2)17-11-7-4-8-12-17/h3,5-6,9-11,14H,2,4,7-8,12-13H2,1H3. The highest BCUT2D eigenvalue weighted by molar-refractivity contribution is 9.10. The molecule has 1 aliphatic carbocycles. The molecule has 0 aromatic heterocycles. The Kier molecular flexibility index (Phi) is 5.80. The van der Waals surface area contributed by atoms with Gasteiger partial charge in [-0.1, -0.05) is 58.9 Å². The largest absolute Gasteiger partial charge is 0.307 e. The van der Waals surface area contributed by atoms with Crippen molar-refractivity contribution in [3.8, 4) is 0 Å². The number of alkyl halides is 1. The molecule has 0 spiro atoms. The van der Waals surface area contributed by atoms with Crippen molar-refractivity contribution in [3.05, 3.63) is 59.8 Å². The van der Waals surface area contributed by atoms with Crippen molar-refractivity contribution in [2.45, 2.75) is 44.0 Å². The Morgan fingerprint density at radius 2 is 2.05 bits per heavy atom. The minimum Gasteiger partial charge on any atom is -0.307 e. The van der Waals surface area contributed by atoms with Crippen molar-refractivity contribution in [1.29, 1.82) is 0 Å². The molecule has 1 unspecified atom stereocenters. The number of allylic oxidation sites excluding steroid dienone is 2. The molecule has 3 heteroatoms. The van der Waals surface area contributed by atoms with E-state index < -0.39 is 0 Å². The van der Waals surface area contributed by atoms with Crippen LogP contribution in [-0.4, -0.2) is 15.6 Å². The Bertz CT molecular complexity index is 533. The van der Waals surface area contributed by atoms with Gasteiger partial charge >= 0.3 is 0 Å². The van der Waals surface area contributed by atoms with Crippen LogP contribution < -0.4 is 0 Å². The van der Waals surface area contributed by atoms with Crippen molar-refractivity contribution < 1.29 is 4.79 Å². The van der Waals surface area contributed by atoms with E-state index in [2.05, 4.69) is 28.6 Å². The highest BCUT2D eigenvalue weighted by Crippen LogP contribution is 2.27. The summed E-state index contributed by atoms with van der Waals surface area (Å²) in [6.45, 7) is 6.63. The highest BCUT2D eigenvalue weighted by atomic mass is 79.9. The topological polar surface area (TPSA) is 20.3 Å². The number of benzene rings is 1. The van der Waals surface area contributed by atoms with Gasteiger partial charge in [0.1, 0.15) is 0 Å². The number of carbonyl (C=O) groups excluding carboxylic acids is 1. The average molecular weight is 348 g/mol. The number of hydrogen-bond acceptors (Lipinski definition) is 1. The summed E-state index contributed by atoms with van der Waals surface area (Å²) in [5.41, 5.74) is 3.20. The molecule has 1 atom stereocenters. The van der Waals surface area contributed by atoms with E-state index in [4.69, 9.17) is 0 Å². The lowest BCUT2D eigenvalue weighted by atomic mass is 9.96. The van der Waals surface area contributed by atoms with Crippen molar-refractivity contribution in [1.82, 2.24) is 4.90 Å². The van der Waals surface area contributed by atoms with Crippen molar-refractivity contribution in [2.24, 2.45) is 0 Å². The third-order valence-electron chi connectivity index (χ3n) is 3.78. The normalized spacial score (nSPS) is 16.0. The average Bonchev–Trinajstić information content (AvgIpc) is 2.53. The molecule has 0 heterocycles. The van der Waals surface area contributed by atoms with Crippen LogP contribution in [-0.2, 0) is 11.3 Å². The van der Waals surface area contributed by atoms with Crippen LogP contribution in [0.25, 0.3) is 0 Å². The van der Waals surface area contributed by atoms with Gasteiger partial charge in [0.2, 0.25) is 5.91 Å². The molecule has 1 aromatic rings. The monoisotopic (exact) mass is 347 g/mol. The number of carbonyl (C=O) groups is 1. The first-order valence-corrected chi connectivity index (χ1v) is 8.39. The van der Waals surface area contributed by atoms with Crippen LogP contribution in [0.15, 0.2) is 54.3 Å². The van der Waals surface area contributed by atoms with E-state index in [1.54, 1.807) is 0 Å². The molecule has 1 aromatic carbocycles. The van der Waals surface area contributed by atoms with Gasteiger partial charge < -0.3 is 4.90 Å². The predicted molar refractivity (Wildman–Crippen MR) is 91.1 cm³/mol. The van der Waals surface area contributed by atoms with E-state index >= 15 is 0 Å². The molecule has 0 bridgehead atoms. The summed E-state index contributed by atoms with van der Waals surface area (Å²) < 4.78 is 0. The molecule has 0 radical (unpaired) electrons. The van der Waals surface area contributed by atoms with Gasteiger partial charge in [-0.15, -0.1) is 0 Å². The summed E-state index contributed by atoms with van der Waals surface area (Å²) in [5, 5.41) is 0. The maximum absolute atomic E-state index is 12.5. The fraction of sp³-hybridized carbons (Fsp3) is 0.389. The van der Waals surface area contributed by atoms with E-state index in [-0.39, 0.29) is 10.7 Å². The molecule has 2 rings (SSSR count). The molecular weight excluding hydrogens is 326 g/mol. The highest BCUT2D eigenvalue weighted by Gasteiger charge is 2.23. The molecule has 0 saturated carbocycles. The van der Waals surface area contributed by atoms with Gasteiger partial charge in [0.15, 0.2) is 0 Å². The van der Waals surface area contributed by atoms with E-state index in [1.165, 1.54) is 18.4 Å². The van der Waals surface area contributed by atoms with Crippen molar-refractivity contribution in [2.75, 3.05) is 0 Å². The van der Waals surface area contributed by atoms with Gasteiger partial charge in [-0.05, 0) is 43.7 Å². The quantitative estimate of drug-likeness (QED) is 0.699. The van der Waals surface area contributed by atoms with Crippen LogP contribution >= 0.6 is 15.9 Å². The summed E-state index contributed by atoms with van der Waals surface area (Å²) in [7, 11) is 0. The second kappa shape index (κ2) is 7.60. The minimum absolute atomic E-state index is 0.0651. The van der Waals surface area contributed by atoms with E-state index in [1.807, 2.05) is 42.2 Å². The minimum atomic E-state index is -0.206. The summed E-state index contributed by atoms with van der Waals surface area (Å²) >= 11 is 3.39. The Morgan fingerprint density at radius 3 is 2.62 bits per heavy atom. The SMILES string of the molecule is C=C(C1=CCCCC1)N(Cc1ccccc1)C(=O)C(C)Br. The second-order valence-electron chi connectivity index (χ2n) is 5.45. The number of amides is 1. The van der Waals surface area contributed by atoms with Crippen LogP contribution in [0.2, 0.25) is 0 Å². The molecule has 0 aliphatic heterocycles. The van der Waals surface area contributed by atoms with Gasteiger partial charge in [-0.3, -0.25) is 4.79 Å². The first-order valence-electron chi connectivity index (χ1n) is 7.47. The summed E-state index contributed by atoms with van der Waals surface area (Å²) in [6, 6.07) is 10.1. The molecule has 21 heavy (non-hydrogen) atoms. The first kappa shape index (κ1) is 16.0. The molecule has 0 N–H and O–H groups in total. The molecular formula is C18H22BrNO. The van der Waals surface area contributed by atoms with Gasteiger partial charge in [-0.2, -0.15) is 0 Å². The molecule has 1 aliphatic rings. The summed E-state index contributed by atoms with van der Waals surface area (Å²) in [4.78, 5) is 14.1. The zero-order chi connectivity index (χ0) is 15.2. The van der Waals surface area contributed by atoms with Crippen LogP contribution in [0.5, 0.6) is 0 Å². The summed E-state index contributed by atoms with van der Waals surface area (Å²) in [5.74, 6) is 0.0651. The maximum Gasteiger partial charge on any atom is 0.240 e. The lowest BCUT2D eigenvalue weighted by Crippen LogP contribution is -2.35. The van der Waals surface area contributed by atoms with Crippen LogP contribution in [0.1, 0.15) is 38.2 Å². The van der Waals surface area contributed by atoms with E-state index in [0.29, 0.717) is 6.54 Å². The van der Waals surface area contributed by atoms with Crippen LogP contribution in [0, 0.1) is 0 Å². The van der Waals surface area contributed by atoms with E-state index in [0.717, 1.165) is 24.1 Å². The lowest BCUT2D eigenvalue weighted by molar-refractivity contribution is -0.128. The van der Waals surface area contributed by atoms with Crippen LogP contribution in [0.4, 0.5) is 0 Å². The number of hydrogen-bond donors (Lipinski definition) is 0. The molecule has 0 saturated heterocycles. The molecule has 0 fully saturated rings. The smallest absolute Gasteiger partial charge is 0.240 e. The first-order chi connectivity index (χ1) is 10.1. The number of nitrogens with zero attached hydrogens (tertiary/aromatic N) is 1. The third-order valence-corrected chi connectivity index (χ3v) is 4.17. The number of rotatable bonds is 5. The molecule has 112 valence electrons. The zero-order valence-electron chi connectivity index (χ0n) is 12.5. The Balaban J connectivity index is 2.21. The lowest BCUT2D eigenvalue weighted by Gasteiger charge is -2.29. The third kappa shape index (κ3) is 4.31. The summed E-state index contributed by atoms with van der Waals surface area (Å²) in [6.07, 6.45) is 6.76. The van der Waals surface area contributed by atoms with Gasteiger partial charge in [-0.25, -0.2) is 0 Å². The number of halogens is 1. The molecule has 1 amide bonds. The Labute approximate surface area is 135 Å².